The number of hydrogen-bond acceptors (Lipinski definition) is 2. The first kappa shape index (κ1) is 11.2. The molecule has 2 nitrogen and oxygen atoms in total. The van der Waals surface area contributed by atoms with Crippen molar-refractivity contribution in [3.05, 3.63) is 25.4 Å². The van der Waals surface area contributed by atoms with Crippen LogP contribution in [0.2, 0.25) is 0 Å². The Bertz CT molecular complexity index is 134. The predicted octanol–water partition coefficient (Wildman–Crippen LogP) is 1.78. The van der Waals surface area contributed by atoms with Gasteiger partial charge in [0.15, 0.2) is 0 Å². The molecule has 0 aromatic heterocycles. The molecule has 0 saturated carbocycles. The van der Waals surface area contributed by atoms with E-state index in [1.54, 1.807) is 6.20 Å². The average molecular weight is 169 g/mol. The quantitative estimate of drug-likeness (QED) is 0.587. The maximum Gasteiger partial charge on any atom is 0.0712 e. The van der Waals surface area contributed by atoms with Crippen molar-refractivity contribution in [3.8, 4) is 0 Å². The second kappa shape index (κ2) is 6.92. The van der Waals surface area contributed by atoms with Crippen molar-refractivity contribution in [3.63, 3.8) is 0 Å². The minimum absolute atomic E-state index is 0.243. The number of rotatable bonds is 7. The molecule has 0 amide bonds. The Kier molecular flexibility index (Phi) is 6.48. The fraction of sp³-hybridized carbons (Fsp3) is 0.600. The van der Waals surface area contributed by atoms with Gasteiger partial charge < -0.3 is 10.0 Å². The van der Waals surface area contributed by atoms with Gasteiger partial charge in [-0.15, -0.1) is 6.58 Å². The van der Waals surface area contributed by atoms with Crippen molar-refractivity contribution in [1.29, 1.82) is 0 Å². The highest BCUT2D eigenvalue weighted by Gasteiger charge is 2.04. The van der Waals surface area contributed by atoms with E-state index in [0.29, 0.717) is 6.54 Å². The molecule has 0 aromatic carbocycles. The number of aliphatic hydroxyl groups excluding tert-OH is 1. The molecular formula is C10H19NO. The van der Waals surface area contributed by atoms with Crippen LogP contribution >= 0.6 is 0 Å². The third-order valence-electron chi connectivity index (χ3n) is 1.80. The SMILES string of the molecule is C=CCCN(C=C)CC(O)CC. The highest BCUT2D eigenvalue weighted by molar-refractivity contribution is 4.77. The third kappa shape index (κ3) is 4.97. The molecule has 12 heavy (non-hydrogen) atoms. The van der Waals surface area contributed by atoms with Crippen molar-refractivity contribution in [1.82, 2.24) is 4.90 Å². The molecule has 0 rings (SSSR count). The van der Waals surface area contributed by atoms with Crippen LogP contribution in [0, 0.1) is 0 Å². The van der Waals surface area contributed by atoms with Gasteiger partial charge in [-0.1, -0.05) is 19.6 Å². The number of aliphatic hydroxyl groups is 1. The van der Waals surface area contributed by atoms with Gasteiger partial charge in [-0.05, 0) is 19.0 Å². The standard InChI is InChI=1S/C10H19NO/c1-4-7-8-11(6-3)9-10(12)5-2/h4,6,10,12H,1,3,5,7-9H2,2H3. The minimum Gasteiger partial charge on any atom is -0.391 e. The van der Waals surface area contributed by atoms with E-state index in [2.05, 4.69) is 13.2 Å². The van der Waals surface area contributed by atoms with Crippen LogP contribution in [0.4, 0.5) is 0 Å². The van der Waals surface area contributed by atoms with Crippen LogP contribution in [0.3, 0.4) is 0 Å². The summed E-state index contributed by atoms with van der Waals surface area (Å²) in [5, 5.41) is 9.34. The van der Waals surface area contributed by atoms with E-state index < -0.39 is 0 Å². The first-order valence-corrected chi connectivity index (χ1v) is 4.40. The van der Waals surface area contributed by atoms with Crippen LogP contribution in [-0.4, -0.2) is 29.2 Å². The van der Waals surface area contributed by atoms with Gasteiger partial charge in [-0.2, -0.15) is 0 Å². The van der Waals surface area contributed by atoms with Gasteiger partial charge in [-0.25, -0.2) is 0 Å². The Morgan fingerprint density at radius 2 is 2.17 bits per heavy atom. The largest absolute Gasteiger partial charge is 0.391 e. The van der Waals surface area contributed by atoms with Gasteiger partial charge >= 0.3 is 0 Å². The zero-order chi connectivity index (χ0) is 9.40. The lowest BCUT2D eigenvalue weighted by molar-refractivity contribution is 0.131. The highest BCUT2D eigenvalue weighted by Crippen LogP contribution is 1.98. The van der Waals surface area contributed by atoms with Gasteiger partial charge in [0, 0.05) is 13.1 Å². The molecule has 0 aliphatic heterocycles. The van der Waals surface area contributed by atoms with E-state index in [-0.39, 0.29) is 6.10 Å². The Morgan fingerprint density at radius 3 is 2.58 bits per heavy atom. The van der Waals surface area contributed by atoms with Crippen LogP contribution in [0.5, 0.6) is 0 Å². The predicted molar refractivity (Wildman–Crippen MR) is 52.9 cm³/mol. The zero-order valence-electron chi connectivity index (χ0n) is 7.87. The molecule has 0 aliphatic carbocycles. The summed E-state index contributed by atoms with van der Waals surface area (Å²) < 4.78 is 0. The Balaban J connectivity index is 3.65. The van der Waals surface area contributed by atoms with E-state index in [0.717, 1.165) is 19.4 Å². The molecule has 0 bridgehead atoms. The third-order valence-corrected chi connectivity index (χ3v) is 1.80. The molecule has 70 valence electrons. The first-order valence-electron chi connectivity index (χ1n) is 4.40. The molecule has 0 fully saturated rings. The molecule has 0 aromatic rings. The van der Waals surface area contributed by atoms with Crippen molar-refractivity contribution in [2.24, 2.45) is 0 Å². The summed E-state index contributed by atoms with van der Waals surface area (Å²) in [7, 11) is 0. The minimum atomic E-state index is -0.243. The molecule has 0 heterocycles. The fourth-order valence-electron chi connectivity index (χ4n) is 0.914. The van der Waals surface area contributed by atoms with Gasteiger partial charge in [0.1, 0.15) is 0 Å². The van der Waals surface area contributed by atoms with Crippen LogP contribution < -0.4 is 0 Å². The summed E-state index contributed by atoms with van der Waals surface area (Å²) in [5.74, 6) is 0. The van der Waals surface area contributed by atoms with Crippen LogP contribution in [0.25, 0.3) is 0 Å². The van der Waals surface area contributed by atoms with E-state index in [9.17, 15) is 5.11 Å². The first-order chi connectivity index (χ1) is 5.74. The molecular weight excluding hydrogens is 150 g/mol. The molecule has 1 atom stereocenters. The van der Waals surface area contributed by atoms with Crippen molar-refractivity contribution < 1.29 is 5.11 Å². The lowest BCUT2D eigenvalue weighted by Crippen LogP contribution is -2.28. The summed E-state index contributed by atoms with van der Waals surface area (Å²) >= 11 is 0. The maximum atomic E-state index is 9.34. The number of hydrogen-bond donors (Lipinski definition) is 1. The normalized spacial score (nSPS) is 12.2. The summed E-state index contributed by atoms with van der Waals surface area (Å²) in [6.07, 6.45) is 5.12. The molecule has 2 heteroatoms. The summed E-state index contributed by atoms with van der Waals surface area (Å²) in [5.41, 5.74) is 0. The molecule has 0 spiro atoms. The van der Waals surface area contributed by atoms with Crippen LogP contribution in [0.1, 0.15) is 19.8 Å². The Labute approximate surface area is 75.2 Å². The molecule has 0 aliphatic rings. The Morgan fingerprint density at radius 1 is 1.50 bits per heavy atom. The number of nitrogens with zero attached hydrogens (tertiary/aromatic N) is 1. The lowest BCUT2D eigenvalue weighted by atomic mass is 10.2. The molecule has 1 N–H and O–H groups in total. The van der Waals surface area contributed by atoms with Crippen molar-refractivity contribution in [2.45, 2.75) is 25.9 Å². The summed E-state index contributed by atoms with van der Waals surface area (Å²) in [6, 6.07) is 0. The second-order valence-electron chi connectivity index (χ2n) is 2.82. The van der Waals surface area contributed by atoms with E-state index in [1.165, 1.54) is 0 Å². The van der Waals surface area contributed by atoms with Gasteiger partial charge in [0.25, 0.3) is 0 Å². The molecule has 0 radical (unpaired) electrons. The topological polar surface area (TPSA) is 23.5 Å². The summed E-state index contributed by atoms with van der Waals surface area (Å²) in [6.45, 7) is 10.9. The Hall–Kier alpha value is -0.760. The van der Waals surface area contributed by atoms with Crippen LogP contribution in [0.15, 0.2) is 25.4 Å². The zero-order valence-corrected chi connectivity index (χ0v) is 7.87. The van der Waals surface area contributed by atoms with Gasteiger partial charge in [-0.3, -0.25) is 0 Å². The summed E-state index contributed by atoms with van der Waals surface area (Å²) in [4.78, 5) is 2.01. The molecule has 0 saturated heterocycles. The molecule has 1 unspecified atom stereocenters. The van der Waals surface area contributed by atoms with Crippen molar-refractivity contribution in [2.75, 3.05) is 13.1 Å². The average Bonchev–Trinajstić information content (AvgIpc) is 2.11. The van der Waals surface area contributed by atoms with E-state index in [4.69, 9.17) is 0 Å². The smallest absolute Gasteiger partial charge is 0.0712 e. The maximum absolute atomic E-state index is 9.34. The second-order valence-corrected chi connectivity index (χ2v) is 2.82. The van der Waals surface area contributed by atoms with Gasteiger partial charge in [0.2, 0.25) is 0 Å². The fourth-order valence-corrected chi connectivity index (χ4v) is 0.914. The monoisotopic (exact) mass is 169 g/mol. The van der Waals surface area contributed by atoms with Crippen LogP contribution in [-0.2, 0) is 0 Å². The van der Waals surface area contributed by atoms with E-state index >= 15 is 0 Å². The van der Waals surface area contributed by atoms with Crippen molar-refractivity contribution >= 4 is 0 Å². The van der Waals surface area contributed by atoms with Gasteiger partial charge in [0.05, 0.1) is 6.10 Å². The van der Waals surface area contributed by atoms with E-state index in [1.807, 2.05) is 17.9 Å². The lowest BCUT2D eigenvalue weighted by Gasteiger charge is -2.21. The highest BCUT2D eigenvalue weighted by atomic mass is 16.3.